The van der Waals surface area contributed by atoms with Gasteiger partial charge in [0.25, 0.3) is 0 Å². The van der Waals surface area contributed by atoms with E-state index in [0.29, 0.717) is 25.9 Å². The third-order valence-corrected chi connectivity index (χ3v) is 6.12. The van der Waals surface area contributed by atoms with Crippen molar-refractivity contribution >= 4 is 27.3 Å². The Morgan fingerprint density at radius 2 is 1.78 bits per heavy atom. The molecule has 0 atom stereocenters. The van der Waals surface area contributed by atoms with Crippen molar-refractivity contribution in [2.24, 2.45) is 5.92 Å². The lowest BCUT2D eigenvalue weighted by molar-refractivity contribution is -0.120. The third kappa shape index (κ3) is 4.45. The Balaban J connectivity index is 1.90. The number of nitrogens with one attached hydrogen (secondary N) is 1. The van der Waals surface area contributed by atoms with E-state index >= 15 is 0 Å². The molecule has 0 saturated carbocycles. The minimum absolute atomic E-state index is 0.0313. The van der Waals surface area contributed by atoms with Crippen molar-refractivity contribution in [2.75, 3.05) is 43.2 Å². The number of hydrogen-bond donors (Lipinski definition) is 1. The first-order valence-corrected chi connectivity index (χ1v) is 9.50. The first kappa shape index (κ1) is 17.7. The van der Waals surface area contributed by atoms with Gasteiger partial charge in [0.2, 0.25) is 15.9 Å². The minimum atomic E-state index is -3.15. The second kappa shape index (κ2) is 7.31. The van der Waals surface area contributed by atoms with Crippen molar-refractivity contribution in [3.05, 3.63) is 24.3 Å². The normalized spacial score (nSPS) is 17.0. The second-order valence-corrected chi connectivity index (χ2v) is 8.26. The highest BCUT2D eigenvalue weighted by Gasteiger charge is 2.30. The van der Waals surface area contributed by atoms with Crippen LogP contribution in [0.15, 0.2) is 24.3 Å². The Bertz CT molecular complexity index is 633. The van der Waals surface area contributed by atoms with Crippen LogP contribution in [-0.2, 0) is 14.8 Å². The van der Waals surface area contributed by atoms with E-state index < -0.39 is 10.0 Å². The fourth-order valence-electron chi connectivity index (χ4n) is 2.67. The number of anilines is 2. The molecule has 0 bridgehead atoms. The number of carbonyl (C=O) groups is 1. The van der Waals surface area contributed by atoms with Gasteiger partial charge in [0.15, 0.2) is 0 Å². The van der Waals surface area contributed by atoms with Crippen LogP contribution in [0.5, 0.6) is 0 Å². The van der Waals surface area contributed by atoms with Gasteiger partial charge in [0.05, 0.1) is 5.75 Å². The third-order valence-electron chi connectivity index (χ3n) is 4.23. The Kier molecular flexibility index (Phi) is 5.64. The Hall–Kier alpha value is -1.60. The largest absolute Gasteiger partial charge is 0.378 e. The molecule has 1 aliphatic heterocycles. The molecule has 1 aliphatic rings. The van der Waals surface area contributed by atoms with Gasteiger partial charge in [-0.25, -0.2) is 12.7 Å². The average Bonchev–Trinajstić information content (AvgIpc) is 2.55. The lowest BCUT2D eigenvalue weighted by atomic mass is 9.97. The first-order valence-electron chi connectivity index (χ1n) is 7.89. The number of carbonyl (C=O) groups excluding carboxylic acids is 1. The van der Waals surface area contributed by atoms with Crippen LogP contribution in [0.2, 0.25) is 0 Å². The molecular formula is C16H25N3O3S. The minimum Gasteiger partial charge on any atom is -0.378 e. The fraction of sp³-hybridized carbons (Fsp3) is 0.562. The summed E-state index contributed by atoms with van der Waals surface area (Å²) in [6, 6.07) is 7.66. The van der Waals surface area contributed by atoms with Gasteiger partial charge in [0, 0.05) is 44.5 Å². The van der Waals surface area contributed by atoms with Crippen LogP contribution in [-0.4, -0.2) is 51.6 Å². The molecule has 0 aliphatic carbocycles. The van der Waals surface area contributed by atoms with Crippen LogP contribution >= 0.6 is 0 Å². The topological polar surface area (TPSA) is 69.7 Å². The van der Waals surface area contributed by atoms with Gasteiger partial charge in [-0.3, -0.25) is 4.79 Å². The predicted molar refractivity (Wildman–Crippen MR) is 93.2 cm³/mol. The summed E-state index contributed by atoms with van der Waals surface area (Å²) in [5, 5.41) is 2.92. The monoisotopic (exact) mass is 339 g/mol. The van der Waals surface area contributed by atoms with E-state index in [0.717, 1.165) is 11.4 Å². The lowest BCUT2D eigenvalue weighted by Crippen LogP contribution is -2.42. The molecule has 128 valence electrons. The van der Waals surface area contributed by atoms with Crippen molar-refractivity contribution in [3.8, 4) is 0 Å². The highest BCUT2D eigenvalue weighted by molar-refractivity contribution is 7.89. The van der Waals surface area contributed by atoms with Crippen molar-refractivity contribution < 1.29 is 13.2 Å². The summed E-state index contributed by atoms with van der Waals surface area (Å²) in [4.78, 5) is 14.3. The molecule has 1 aromatic carbocycles. The van der Waals surface area contributed by atoms with Gasteiger partial charge in [-0.15, -0.1) is 0 Å². The van der Waals surface area contributed by atoms with Crippen LogP contribution in [0, 0.1) is 5.92 Å². The van der Waals surface area contributed by atoms with Crippen LogP contribution in [0.1, 0.15) is 19.8 Å². The summed E-state index contributed by atoms with van der Waals surface area (Å²) >= 11 is 0. The summed E-state index contributed by atoms with van der Waals surface area (Å²) in [5.41, 5.74) is 1.84. The molecule has 0 unspecified atom stereocenters. The van der Waals surface area contributed by atoms with Crippen LogP contribution in [0.3, 0.4) is 0 Å². The summed E-state index contributed by atoms with van der Waals surface area (Å²) < 4.78 is 25.1. The maximum absolute atomic E-state index is 12.3. The van der Waals surface area contributed by atoms with Gasteiger partial charge >= 0.3 is 0 Å². The van der Waals surface area contributed by atoms with Crippen molar-refractivity contribution in [1.29, 1.82) is 0 Å². The van der Waals surface area contributed by atoms with E-state index in [4.69, 9.17) is 0 Å². The van der Waals surface area contributed by atoms with E-state index in [-0.39, 0.29) is 17.6 Å². The molecule has 2 rings (SSSR count). The number of nitrogens with zero attached hydrogens (tertiary/aromatic N) is 2. The zero-order valence-corrected chi connectivity index (χ0v) is 14.8. The molecule has 1 amide bonds. The smallest absolute Gasteiger partial charge is 0.227 e. The standard InChI is InChI=1S/C16H25N3O3S/c1-4-23(21,22)19-11-9-13(10-12-19)16(20)17-14-5-7-15(8-6-14)18(2)3/h5-8,13H,4,9-12H2,1-3H3,(H,17,20). The number of amides is 1. The zero-order valence-electron chi connectivity index (χ0n) is 13.9. The molecule has 0 spiro atoms. The highest BCUT2D eigenvalue weighted by atomic mass is 32.2. The van der Waals surface area contributed by atoms with E-state index in [1.807, 2.05) is 43.3 Å². The number of sulfonamides is 1. The number of rotatable bonds is 5. The van der Waals surface area contributed by atoms with Gasteiger partial charge in [-0.1, -0.05) is 0 Å². The molecule has 1 heterocycles. The van der Waals surface area contributed by atoms with E-state index in [1.165, 1.54) is 4.31 Å². The molecule has 7 heteroatoms. The van der Waals surface area contributed by atoms with Crippen LogP contribution in [0.4, 0.5) is 11.4 Å². The highest BCUT2D eigenvalue weighted by Crippen LogP contribution is 2.22. The molecule has 1 saturated heterocycles. The SMILES string of the molecule is CCS(=O)(=O)N1CCC(C(=O)Nc2ccc(N(C)C)cc2)CC1. The molecule has 23 heavy (non-hydrogen) atoms. The number of benzene rings is 1. The summed E-state index contributed by atoms with van der Waals surface area (Å²) in [7, 11) is 0.783. The number of piperidine rings is 1. The molecule has 1 N–H and O–H groups in total. The molecule has 6 nitrogen and oxygen atoms in total. The average molecular weight is 339 g/mol. The van der Waals surface area contributed by atoms with E-state index in [1.54, 1.807) is 6.92 Å². The molecule has 1 fully saturated rings. The van der Waals surface area contributed by atoms with Crippen molar-refractivity contribution in [2.45, 2.75) is 19.8 Å². The maximum atomic E-state index is 12.3. The molecule has 0 radical (unpaired) electrons. The van der Waals surface area contributed by atoms with Crippen molar-refractivity contribution in [3.63, 3.8) is 0 Å². The second-order valence-electron chi connectivity index (χ2n) is 6.00. The predicted octanol–water partition coefficient (Wildman–Crippen LogP) is 1.75. The lowest BCUT2D eigenvalue weighted by Gasteiger charge is -2.30. The molecule has 0 aromatic heterocycles. The quantitative estimate of drug-likeness (QED) is 0.887. The molecule has 1 aromatic rings. The Morgan fingerprint density at radius 3 is 2.26 bits per heavy atom. The number of hydrogen-bond acceptors (Lipinski definition) is 4. The summed E-state index contributed by atoms with van der Waals surface area (Å²) in [5.74, 6) is -0.0507. The maximum Gasteiger partial charge on any atom is 0.227 e. The summed E-state index contributed by atoms with van der Waals surface area (Å²) in [6.45, 7) is 2.49. The Labute approximate surface area is 138 Å². The van der Waals surface area contributed by atoms with Gasteiger partial charge < -0.3 is 10.2 Å². The zero-order chi connectivity index (χ0) is 17.0. The van der Waals surface area contributed by atoms with Crippen molar-refractivity contribution in [1.82, 2.24) is 4.31 Å². The fourth-order valence-corrected chi connectivity index (χ4v) is 3.80. The first-order chi connectivity index (χ1) is 10.8. The van der Waals surface area contributed by atoms with E-state index in [9.17, 15) is 13.2 Å². The van der Waals surface area contributed by atoms with Gasteiger partial charge in [0.1, 0.15) is 0 Å². The summed E-state index contributed by atoms with van der Waals surface area (Å²) in [6.07, 6.45) is 1.14. The van der Waals surface area contributed by atoms with E-state index in [2.05, 4.69) is 5.32 Å². The van der Waals surface area contributed by atoms with Gasteiger partial charge in [-0.2, -0.15) is 0 Å². The van der Waals surface area contributed by atoms with Gasteiger partial charge in [-0.05, 0) is 44.0 Å². The molecular weight excluding hydrogens is 314 g/mol. The van der Waals surface area contributed by atoms with Crippen LogP contribution < -0.4 is 10.2 Å². The Morgan fingerprint density at radius 1 is 1.22 bits per heavy atom. The van der Waals surface area contributed by atoms with Crippen LogP contribution in [0.25, 0.3) is 0 Å².